The van der Waals surface area contributed by atoms with Gasteiger partial charge in [-0.15, -0.1) is 0 Å². The number of nitrogens with one attached hydrogen (secondary N) is 2. The summed E-state index contributed by atoms with van der Waals surface area (Å²) in [5.41, 5.74) is 2.74. The molecule has 1 aromatic heterocycles. The van der Waals surface area contributed by atoms with Crippen molar-refractivity contribution < 1.29 is 0 Å². The zero-order chi connectivity index (χ0) is 10.1. The topological polar surface area (TPSA) is 40.7 Å². The molecule has 0 saturated heterocycles. The van der Waals surface area contributed by atoms with E-state index in [2.05, 4.69) is 10.3 Å². The summed E-state index contributed by atoms with van der Waals surface area (Å²) in [6.45, 7) is 0.928. The largest absolute Gasteiger partial charge is 0.345 e. The molecule has 0 atom stereocenters. The maximum absolute atomic E-state index is 4.69. The van der Waals surface area contributed by atoms with Gasteiger partial charge in [0, 0.05) is 11.7 Å². The molecular formula is C12H19N3. The Morgan fingerprint density at radius 1 is 1.20 bits per heavy atom. The highest BCUT2D eigenvalue weighted by atomic mass is 15.0. The van der Waals surface area contributed by atoms with Gasteiger partial charge in [-0.1, -0.05) is 6.42 Å². The lowest BCUT2D eigenvalue weighted by atomic mass is 10.2. The lowest BCUT2D eigenvalue weighted by Gasteiger charge is -1.98. The van der Waals surface area contributed by atoms with Gasteiger partial charge >= 0.3 is 0 Å². The van der Waals surface area contributed by atoms with E-state index in [1.807, 2.05) is 0 Å². The number of nitrogens with zero attached hydrogens (tertiary/aromatic N) is 1. The van der Waals surface area contributed by atoms with Crippen molar-refractivity contribution in [1.82, 2.24) is 15.3 Å². The Kier molecular flexibility index (Phi) is 2.49. The Balaban J connectivity index is 1.67. The van der Waals surface area contributed by atoms with Crippen LogP contribution in [0.4, 0.5) is 0 Å². The van der Waals surface area contributed by atoms with Crippen molar-refractivity contribution in [3.63, 3.8) is 0 Å². The van der Waals surface area contributed by atoms with E-state index in [-0.39, 0.29) is 0 Å². The van der Waals surface area contributed by atoms with E-state index >= 15 is 0 Å². The average Bonchev–Trinajstić information content (AvgIpc) is 3.02. The zero-order valence-electron chi connectivity index (χ0n) is 9.18. The summed E-state index contributed by atoms with van der Waals surface area (Å²) < 4.78 is 0. The highest BCUT2D eigenvalue weighted by molar-refractivity contribution is 5.16. The van der Waals surface area contributed by atoms with Crippen LogP contribution in [0.3, 0.4) is 0 Å². The smallest absolute Gasteiger partial charge is 0.120 e. The second kappa shape index (κ2) is 3.97. The molecule has 1 heterocycles. The van der Waals surface area contributed by atoms with Crippen LogP contribution in [0.5, 0.6) is 0 Å². The lowest BCUT2D eigenvalue weighted by Crippen LogP contribution is -2.16. The van der Waals surface area contributed by atoms with Crippen LogP contribution < -0.4 is 5.32 Å². The third kappa shape index (κ3) is 2.23. The third-order valence-electron chi connectivity index (χ3n) is 3.39. The van der Waals surface area contributed by atoms with E-state index < -0.39 is 0 Å². The molecule has 3 rings (SSSR count). The normalized spacial score (nSPS) is 21.1. The predicted molar refractivity (Wildman–Crippen MR) is 59.7 cm³/mol. The summed E-state index contributed by atoms with van der Waals surface area (Å²) in [7, 11) is 0. The molecule has 3 nitrogen and oxygen atoms in total. The molecule has 15 heavy (non-hydrogen) atoms. The van der Waals surface area contributed by atoms with Gasteiger partial charge in [0.15, 0.2) is 0 Å². The molecule has 0 radical (unpaired) electrons. The van der Waals surface area contributed by atoms with E-state index in [1.165, 1.54) is 56.3 Å². The highest BCUT2D eigenvalue weighted by Gasteiger charge is 2.21. The summed E-state index contributed by atoms with van der Waals surface area (Å²) in [5, 5.41) is 3.50. The van der Waals surface area contributed by atoms with Crippen molar-refractivity contribution in [2.75, 3.05) is 0 Å². The van der Waals surface area contributed by atoms with Crippen LogP contribution >= 0.6 is 0 Å². The van der Waals surface area contributed by atoms with Gasteiger partial charge in [-0.3, -0.25) is 0 Å². The van der Waals surface area contributed by atoms with Gasteiger partial charge in [0.2, 0.25) is 0 Å². The fourth-order valence-corrected chi connectivity index (χ4v) is 2.30. The molecule has 1 aromatic rings. The molecule has 0 aromatic carbocycles. The molecular weight excluding hydrogens is 186 g/mol. The fourth-order valence-electron chi connectivity index (χ4n) is 2.30. The summed E-state index contributed by atoms with van der Waals surface area (Å²) in [6.07, 6.45) is 9.07. The number of hydrogen-bond acceptors (Lipinski definition) is 2. The molecule has 0 aliphatic heterocycles. The molecule has 0 spiro atoms. The van der Waals surface area contributed by atoms with Gasteiger partial charge in [-0.2, -0.15) is 0 Å². The lowest BCUT2D eigenvalue weighted by molar-refractivity contribution is 0.653. The van der Waals surface area contributed by atoms with Crippen LogP contribution in [0.25, 0.3) is 0 Å². The van der Waals surface area contributed by atoms with Gasteiger partial charge in [0.05, 0.1) is 12.2 Å². The summed E-state index contributed by atoms with van der Waals surface area (Å²) in [6, 6.07) is 0.773. The van der Waals surface area contributed by atoms with Crippen LogP contribution in [0.1, 0.15) is 49.3 Å². The van der Waals surface area contributed by atoms with Gasteiger partial charge < -0.3 is 10.3 Å². The van der Waals surface area contributed by atoms with E-state index in [0.717, 1.165) is 18.4 Å². The number of hydrogen-bond donors (Lipinski definition) is 2. The summed E-state index contributed by atoms with van der Waals surface area (Å²) in [4.78, 5) is 8.18. The SMILES string of the molecule is C1CCc2nc(CNC3CC3)[nH]c2CC1. The second-order valence-corrected chi connectivity index (χ2v) is 4.82. The number of imidazole rings is 1. The Morgan fingerprint density at radius 3 is 2.93 bits per heavy atom. The quantitative estimate of drug-likeness (QED) is 0.740. The number of aryl methyl sites for hydroxylation is 2. The molecule has 1 fully saturated rings. The van der Waals surface area contributed by atoms with E-state index in [9.17, 15) is 0 Å². The number of aromatic nitrogens is 2. The first kappa shape index (κ1) is 9.40. The standard InChI is InChI=1S/C12H19N3/c1-2-4-10-11(5-3-1)15-12(14-10)8-13-9-6-7-9/h9,13H,1-8H2,(H,14,15). The van der Waals surface area contributed by atoms with Crippen molar-refractivity contribution in [1.29, 1.82) is 0 Å². The number of rotatable bonds is 3. The Hall–Kier alpha value is -0.830. The minimum Gasteiger partial charge on any atom is -0.345 e. The van der Waals surface area contributed by atoms with Crippen molar-refractivity contribution in [2.45, 2.75) is 57.5 Å². The molecule has 0 unspecified atom stereocenters. The second-order valence-electron chi connectivity index (χ2n) is 4.82. The molecule has 0 amide bonds. The maximum Gasteiger partial charge on any atom is 0.120 e. The van der Waals surface area contributed by atoms with Crippen LogP contribution in [-0.2, 0) is 19.4 Å². The number of H-pyrrole nitrogens is 1. The maximum atomic E-state index is 4.69. The van der Waals surface area contributed by atoms with Gasteiger partial charge in [-0.25, -0.2) is 4.98 Å². The minimum absolute atomic E-state index is 0.773. The van der Waals surface area contributed by atoms with Crippen molar-refractivity contribution in [3.8, 4) is 0 Å². The Labute approximate surface area is 90.7 Å². The average molecular weight is 205 g/mol. The van der Waals surface area contributed by atoms with Crippen LogP contribution in [0.15, 0.2) is 0 Å². The molecule has 82 valence electrons. The van der Waals surface area contributed by atoms with E-state index in [1.54, 1.807) is 0 Å². The molecule has 2 aliphatic rings. The molecule has 1 saturated carbocycles. The number of aromatic amines is 1. The van der Waals surface area contributed by atoms with Crippen molar-refractivity contribution in [2.24, 2.45) is 0 Å². The first-order valence-corrected chi connectivity index (χ1v) is 6.22. The van der Waals surface area contributed by atoms with Gasteiger partial charge in [0.1, 0.15) is 5.82 Å². The highest BCUT2D eigenvalue weighted by Crippen LogP contribution is 2.21. The van der Waals surface area contributed by atoms with Crippen LogP contribution in [0, 0.1) is 0 Å². The molecule has 3 heteroatoms. The monoisotopic (exact) mass is 205 g/mol. The van der Waals surface area contributed by atoms with Gasteiger partial charge in [0.25, 0.3) is 0 Å². The molecule has 0 bridgehead atoms. The van der Waals surface area contributed by atoms with E-state index in [4.69, 9.17) is 4.98 Å². The Bertz CT molecular complexity index is 315. The Morgan fingerprint density at radius 2 is 2.07 bits per heavy atom. The first-order valence-electron chi connectivity index (χ1n) is 6.22. The summed E-state index contributed by atoms with van der Waals surface area (Å²) >= 11 is 0. The molecule has 2 N–H and O–H groups in total. The van der Waals surface area contributed by atoms with Crippen LogP contribution in [-0.4, -0.2) is 16.0 Å². The predicted octanol–water partition coefficient (Wildman–Crippen LogP) is 1.93. The summed E-state index contributed by atoms with van der Waals surface area (Å²) in [5.74, 6) is 1.15. The molecule has 2 aliphatic carbocycles. The fraction of sp³-hybridized carbons (Fsp3) is 0.750. The zero-order valence-corrected chi connectivity index (χ0v) is 9.18. The van der Waals surface area contributed by atoms with Crippen molar-refractivity contribution >= 4 is 0 Å². The third-order valence-corrected chi connectivity index (χ3v) is 3.39. The number of fused-ring (bicyclic) bond motifs is 1. The van der Waals surface area contributed by atoms with Crippen LogP contribution in [0.2, 0.25) is 0 Å². The van der Waals surface area contributed by atoms with Crippen molar-refractivity contribution in [3.05, 3.63) is 17.2 Å². The minimum atomic E-state index is 0.773. The van der Waals surface area contributed by atoms with Gasteiger partial charge in [-0.05, 0) is 38.5 Å². The van der Waals surface area contributed by atoms with E-state index in [0.29, 0.717) is 0 Å². The first-order chi connectivity index (χ1) is 7.42.